The molecule has 2 aliphatic heterocycles. The second-order valence-corrected chi connectivity index (χ2v) is 21.7. The molecule has 1 fully saturated rings. The van der Waals surface area contributed by atoms with Gasteiger partial charge < -0.3 is 29.2 Å². The van der Waals surface area contributed by atoms with Gasteiger partial charge in [0.1, 0.15) is 5.75 Å². The fourth-order valence-electron chi connectivity index (χ4n) is 7.97. The van der Waals surface area contributed by atoms with Crippen LogP contribution in [0.25, 0.3) is 0 Å². The Morgan fingerprint density at radius 1 is 1.14 bits per heavy atom. The summed E-state index contributed by atoms with van der Waals surface area (Å²) in [7, 11) is -0.445. The van der Waals surface area contributed by atoms with Crippen molar-refractivity contribution in [3.05, 3.63) is 70.3 Å². The normalized spacial score (nSPS) is 30.0. The monoisotopic (exact) mass is 708 g/mol. The molecule has 1 spiro atoms. The highest BCUT2D eigenvalue weighted by atomic mass is 35.5. The molecule has 2 aliphatic carbocycles. The van der Waals surface area contributed by atoms with Gasteiger partial charge in [0.25, 0.3) is 0 Å². The van der Waals surface area contributed by atoms with E-state index >= 15 is 0 Å². The molecule has 0 unspecified atom stereocenters. The third-order valence-electron chi connectivity index (χ3n) is 12.2. The zero-order valence-corrected chi connectivity index (χ0v) is 31.7. The molecule has 2 N–H and O–H groups in total. The molecule has 2 bridgehead atoms. The Balaban J connectivity index is 1.45. The van der Waals surface area contributed by atoms with Gasteiger partial charge in [-0.1, -0.05) is 56.7 Å². The first-order chi connectivity index (χ1) is 23.0. The molecule has 2 aromatic carbocycles. The minimum Gasteiger partial charge on any atom is -0.490 e. The van der Waals surface area contributed by atoms with Crippen LogP contribution in [0.3, 0.4) is 0 Å². The fourth-order valence-corrected chi connectivity index (χ4v) is 9.46. The number of aliphatic hydroxyl groups is 1. The largest absolute Gasteiger partial charge is 0.490 e. The number of benzene rings is 2. The van der Waals surface area contributed by atoms with Crippen LogP contribution in [0.4, 0.5) is 5.69 Å². The second kappa shape index (κ2) is 13.4. The van der Waals surface area contributed by atoms with Gasteiger partial charge >= 0.3 is 5.97 Å². The molecule has 266 valence electrons. The van der Waals surface area contributed by atoms with Crippen LogP contribution in [0.1, 0.15) is 76.0 Å². The maximum atomic E-state index is 13.4. The van der Waals surface area contributed by atoms with Gasteiger partial charge in [0.05, 0.1) is 24.8 Å². The van der Waals surface area contributed by atoms with Crippen LogP contribution in [-0.2, 0) is 31.5 Å². The number of halogens is 1. The molecule has 1 amide bonds. The Morgan fingerprint density at radius 2 is 1.92 bits per heavy atom. The Morgan fingerprint density at radius 3 is 2.61 bits per heavy atom. The molecule has 0 saturated heterocycles. The van der Waals surface area contributed by atoms with Gasteiger partial charge in [-0.25, -0.2) is 4.79 Å². The van der Waals surface area contributed by atoms with Gasteiger partial charge in [0.15, 0.2) is 13.9 Å². The van der Waals surface area contributed by atoms with Crippen molar-refractivity contribution >= 4 is 37.5 Å². The maximum Gasteiger partial charge on any atom is 0.340 e. The summed E-state index contributed by atoms with van der Waals surface area (Å²) in [6, 6.07) is 11.3. The number of aliphatic carboxylic acids is 1. The van der Waals surface area contributed by atoms with Crippen molar-refractivity contribution < 1.29 is 29.0 Å². The fraction of sp³-hybridized carbons (Fsp3) is 0.590. The number of carbonyl (C=O) groups is 2. The lowest BCUT2D eigenvalue weighted by Gasteiger charge is -2.48. The van der Waals surface area contributed by atoms with Crippen LogP contribution in [0.5, 0.6) is 5.75 Å². The summed E-state index contributed by atoms with van der Waals surface area (Å²) in [5, 5.41) is 22.9. The molecule has 5 atom stereocenters. The van der Waals surface area contributed by atoms with Crippen molar-refractivity contribution in [1.29, 1.82) is 0 Å². The van der Waals surface area contributed by atoms with Crippen molar-refractivity contribution in [3.8, 4) is 5.75 Å². The predicted molar refractivity (Wildman–Crippen MR) is 196 cm³/mol. The van der Waals surface area contributed by atoms with Crippen LogP contribution in [0.15, 0.2) is 48.6 Å². The van der Waals surface area contributed by atoms with Gasteiger partial charge in [0, 0.05) is 37.1 Å². The van der Waals surface area contributed by atoms with E-state index in [9.17, 15) is 19.8 Å². The summed E-state index contributed by atoms with van der Waals surface area (Å²) in [4.78, 5) is 30.0. The number of ether oxygens (including phenoxy) is 1. The van der Waals surface area contributed by atoms with Gasteiger partial charge in [-0.2, -0.15) is 0 Å². The van der Waals surface area contributed by atoms with E-state index in [0.717, 1.165) is 49.4 Å². The van der Waals surface area contributed by atoms with Crippen LogP contribution in [-0.4, -0.2) is 74.7 Å². The van der Waals surface area contributed by atoms with Crippen molar-refractivity contribution in [3.63, 3.8) is 0 Å². The molecule has 6 rings (SSSR count). The van der Waals surface area contributed by atoms with E-state index < -0.39 is 32.2 Å². The SMILES string of the molecule is CN1CC/C=C/[C@H](O[Si](C)(C)C(C)(C)C)[C@@H]2CC[C@H]2CN2C[C@@]3(CCCc4cc(Cl)ccc43)COc3ccc(cc32)[C@](O)(C(=O)O)CC1=O. The highest BCUT2D eigenvalue weighted by Gasteiger charge is 2.48. The number of aryl methyl sites for hydroxylation is 1. The first-order valence-electron chi connectivity index (χ1n) is 17.9. The van der Waals surface area contributed by atoms with Crippen LogP contribution < -0.4 is 9.64 Å². The highest BCUT2D eigenvalue weighted by molar-refractivity contribution is 6.74. The van der Waals surface area contributed by atoms with Gasteiger partial charge in [-0.05, 0) is 109 Å². The smallest absolute Gasteiger partial charge is 0.340 e. The second-order valence-electron chi connectivity index (χ2n) is 16.5. The molecule has 8 nitrogen and oxygen atoms in total. The summed E-state index contributed by atoms with van der Waals surface area (Å²) in [6.45, 7) is 13.7. The number of fused-ring (bicyclic) bond motifs is 4. The lowest BCUT2D eigenvalue weighted by atomic mass is 9.68. The third-order valence-corrected chi connectivity index (χ3v) is 17.0. The molecule has 10 heteroatoms. The van der Waals surface area contributed by atoms with E-state index in [4.69, 9.17) is 20.8 Å². The van der Waals surface area contributed by atoms with E-state index in [2.05, 4.69) is 63.0 Å². The van der Waals surface area contributed by atoms with Crippen LogP contribution >= 0.6 is 11.6 Å². The topological polar surface area (TPSA) is 99.5 Å². The van der Waals surface area contributed by atoms with E-state index in [-0.39, 0.29) is 22.1 Å². The molecule has 1 saturated carbocycles. The zero-order valence-electron chi connectivity index (χ0n) is 29.9. The molecule has 49 heavy (non-hydrogen) atoms. The lowest BCUT2D eigenvalue weighted by molar-refractivity contribution is -0.164. The molecule has 0 aromatic heterocycles. The minimum absolute atomic E-state index is 0.0359. The number of anilines is 1. The summed E-state index contributed by atoms with van der Waals surface area (Å²) >= 11 is 6.47. The molecular formula is C39H53ClN2O6Si. The molecule has 2 heterocycles. The number of carboxylic acids is 1. The number of nitrogens with zero attached hydrogens (tertiary/aromatic N) is 2. The summed E-state index contributed by atoms with van der Waals surface area (Å²) < 4.78 is 13.8. The standard InChI is InChI=1S/C39H53ClN2O6Si/c1-37(2,3)49(5,6)48-33-11-7-8-19-41(4)35(43)22-39(46,36(44)45)28-13-17-34-32(21-28)42(23-27-12-15-30(27)33)24-38(25-47-34)18-9-10-26-20-29(40)14-16-31(26)38/h7,11,13-14,16-17,20-21,27,30,33,46H,8-10,12,15,18-19,22-25H2,1-6H3,(H,44,45)/b11-7+/t27-,30+,33-,38-,39-/m0/s1. The number of hydrogen-bond acceptors (Lipinski definition) is 6. The number of amides is 1. The number of hydrogen-bond donors (Lipinski definition) is 2. The van der Waals surface area contributed by atoms with Crippen molar-refractivity contribution in [2.24, 2.45) is 11.8 Å². The Bertz CT molecular complexity index is 1620. The third kappa shape index (κ3) is 6.93. The van der Waals surface area contributed by atoms with Crippen molar-refractivity contribution in [2.45, 2.75) is 101 Å². The predicted octanol–water partition coefficient (Wildman–Crippen LogP) is 7.31. The van der Waals surface area contributed by atoms with Crippen LogP contribution in [0.2, 0.25) is 23.2 Å². The Hall–Kier alpha value is -2.85. The number of rotatable bonds is 3. The van der Waals surface area contributed by atoms with Gasteiger partial charge in [-0.3, -0.25) is 4.79 Å². The van der Waals surface area contributed by atoms with E-state index in [0.29, 0.717) is 43.7 Å². The molecular weight excluding hydrogens is 656 g/mol. The summed E-state index contributed by atoms with van der Waals surface area (Å²) in [5.74, 6) is -0.565. The Kier molecular flexibility index (Phi) is 9.81. The molecule has 2 aromatic rings. The zero-order chi connectivity index (χ0) is 35.4. The lowest BCUT2D eigenvalue weighted by Crippen LogP contribution is -2.52. The van der Waals surface area contributed by atoms with E-state index in [1.54, 1.807) is 25.2 Å². The highest BCUT2D eigenvalue weighted by Crippen LogP contribution is 2.49. The number of carbonyl (C=O) groups excluding carboxylic acids is 1. The van der Waals surface area contributed by atoms with E-state index in [1.165, 1.54) is 16.0 Å². The van der Waals surface area contributed by atoms with E-state index in [1.807, 2.05) is 6.07 Å². The first-order valence-corrected chi connectivity index (χ1v) is 21.2. The number of carboxylic acid groups (broad SMARTS) is 1. The van der Waals surface area contributed by atoms with Gasteiger partial charge in [0.2, 0.25) is 5.91 Å². The average Bonchev–Trinajstić information content (AvgIpc) is 3.16. The van der Waals surface area contributed by atoms with Crippen molar-refractivity contribution in [1.82, 2.24) is 4.90 Å². The molecule has 0 radical (unpaired) electrons. The van der Waals surface area contributed by atoms with Gasteiger partial charge in [-0.15, -0.1) is 0 Å². The molecule has 4 aliphatic rings. The summed E-state index contributed by atoms with van der Waals surface area (Å²) in [6.07, 6.45) is 9.40. The quantitative estimate of drug-likeness (QED) is 0.255. The first kappa shape index (κ1) is 36.0. The average molecular weight is 709 g/mol. The minimum atomic E-state index is -2.39. The van der Waals surface area contributed by atoms with Crippen LogP contribution in [0, 0.1) is 11.8 Å². The Labute approximate surface area is 297 Å². The van der Waals surface area contributed by atoms with Crippen molar-refractivity contribution in [2.75, 3.05) is 38.2 Å². The maximum absolute atomic E-state index is 13.4. The summed E-state index contributed by atoms with van der Waals surface area (Å²) in [5.41, 5.74) is 0.754.